The van der Waals surface area contributed by atoms with Crippen molar-refractivity contribution >= 4 is 5.97 Å². The number of aliphatic hydroxyl groups is 1. The van der Waals surface area contributed by atoms with Crippen LogP contribution in [0.2, 0.25) is 0 Å². The molecule has 1 aliphatic heterocycles. The molecule has 5 nitrogen and oxygen atoms in total. The van der Waals surface area contributed by atoms with Gasteiger partial charge < -0.3 is 20.3 Å². The SMILES string of the molecule is CC(CNCC1(O)CCOC1)C(=O)O. The molecule has 1 fully saturated rings. The summed E-state index contributed by atoms with van der Waals surface area (Å²) in [6, 6.07) is 0. The van der Waals surface area contributed by atoms with Crippen LogP contribution in [0.15, 0.2) is 0 Å². The summed E-state index contributed by atoms with van der Waals surface area (Å²) in [7, 11) is 0. The fourth-order valence-electron chi connectivity index (χ4n) is 1.34. The van der Waals surface area contributed by atoms with Crippen LogP contribution < -0.4 is 5.32 Å². The first-order valence-electron chi connectivity index (χ1n) is 4.77. The molecule has 3 N–H and O–H groups in total. The highest BCUT2D eigenvalue weighted by molar-refractivity contribution is 5.69. The van der Waals surface area contributed by atoms with Crippen molar-refractivity contribution in [2.75, 3.05) is 26.3 Å². The molecule has 0 aliphatic carbocycles. The van der Waals surface area contributed by atoms with Gasteiger partial charge in [0.05, 0.1) is 12.5 Å². The lowest BCUT2D eigenvalue weighted by atomic mass is 10.0. The van der Waals surface area contributed by atoms with Crippen LogP contribution in [0.4, 0.5) is 0 Å². The molecule has 0 aromatic heterocycles. The maximum atomic E-state index is 10.5. The van der Waals surface area contributed by atoms with Crippen LogP contribution in [0.1, 0.15) is 13.3 Å². The van der Waals surface area contributed by atoms with Crippen molar-refractivity contribution in [1.29, 1.82) is 0 Å². The summed E-state index contributed by atoms with van der Waals surface area (Å²) in [6.07, 6.45) is 0.613. The lowest BCUT2D eigenvalue weighted by Gasteiger charge is -2.21. The van der Waals surface area contributed by atoms with Crippen LogP contribution in [0.3, 0.4) is 0 Å². The van der Waals surface area contributed by atoms with Crippen molar-refractivity contribution in [1.82, 2.24) is 5.32 Å². The fraction of sp³-hybridized carbons (Fsp3) is 0.889. The molecule has 0 radical (unpaired) electrons. The molecule has 0 bridgehead atoms. The van der Waals surface area contributed by atoms with Gasteiger partial charge in [-0.15, -0.1) is 0 Å². The van der Waals surface area contributed by atoms with Crippen molar-refractivity contribution in [2.45, 2.75) is 18.9 Å². The van der Waals surface area contributed by atoms with Crippen LogP contribution in [-0.4, -0.2) is 48.1 Å². The Hall–Kier alpha value is -0.650. The maximum absolute atomic E-state index is 10.5. The van der Waals surface area contributed by atoms with Crippen LogP contribution in [-0.2, 0) is 9.53 Å². The van der Waals surface area contributed by atoms with Crippen LogP contribution in [0, 0.1) is 5.92 Å². The molecule has 2 atom stereocenters. The molecular weight excluding hydrogens is 186 g/mol. The van der Waals surface area contributed by atoms with E-state index in [4.69, 9.17) is 9.84 Å². The second-order valence-corrected chi connectivity index (χ2v) is 3.90. The highest BCUT2D eigenvalue weighted by Gasteiger charge is 2.31. The van der Waals surface area contributed by atoms with Crippen molar-refractivity contribution < 1.29 is 19.7 Å². The third-order valence-electron chi connectivity index (χ3n) is 2.41. The molecule has 1 rings (SSSR count). The van der Waals surface area contributed by atoms with E-state index in [1.165, 1.54) is 0 Å². The summed E-state index contributed by atoms with van der Waals surface area (Å²) >= 11 is 0. The third-order valence-corrected chi connectivity index (χ3v) is 2.41. The number of carbonyl (C=O) groups is 1. The summed E-state index contributed by atoms with van der Waals surface area (Å²) in [6.45, 7) is 3.31. The van der Waals surface area contributed by atoms with Gasteiger partial charge in [-0.3, -0.25) is 4.79 Å². The summed E-state index contributed by atoms with van der Waals surface area (Å²) in [5, 5.41) is 21.4. The minimum Gasteiger partial charge on any atom is -0.481 e. The Kier molecular flexibility index (Phi) is 3.86. The van der Waals surface area contributed by atoms with Crippen LogP contribution >= 0.6 is 0 Å². The first-order chi connectivity index (χ1) is 6.53. The van der Waals surface area contributed by atoms with E-state index in [-0.39, 0.29) is 0 Å². The minimum atomic E-state index is -0.827. The highest BCUT2D eigenvalue weighted by atomic mass is 16.5. The topological polar surface area (TPSA) is 78.8 Å². The zero-order valence-corrected chi connectivity index (χ0v) is 8.32. The average molecular weight is 203 g/mol. The van der Waals surface area contributed by atoms with Crippen LogP contribution in [0.5, 0.6) is 0 Å². The van der Waals surface area contributed by atoms with Crippen molar-refractivity contribution in [3.05, 3.63) is 0 Å². The molecular formula is C9H17NO4. The number of hydrogen-bond donors (Lipinski definition) is 3. The molecule has 2 unspecified atom stereocenters. The lowest BCUT2D eigenvalue weighted by molar-refractivity contribution is -0.141. The fourth-order valence-corrected chi connectivity index (χ4v) is 1.34. The van der Waals surface area contributed by atoms with Gasteiger partial charge in [0.15, 0.2) is 0 Å². The molecule has 1 aliphatic rings. The van der Waals surface area contributed by atoms with Crippen molar-refractivity contribution in [3.63, 3.8) is 0 Å². The third kappa shape index (κ3) is 3.25. The number of aliphatic carboxylic acids is 1. The molecule has 0 aromatic rings. The summed E-state index contributed by atoms with van der Waals surface area (Å²) in [5.74, 6) is -1.26. The van der Waals surface area contributed by atoms with E-state index in [1.807, 2.05) is 0 Å². The van der Waals surface area contributed by atoms with E-state index in [1.54, 1.807) is 6.92 Å². The Bertz CT molecular complexity index is 201. The molecule has 1 saturated heterocycles. The van der Waals surface area contributed by atoms with E-state index < -0.39 is 17.5 Å². The summed E-state index contributed by atoms with van der Waals surface area (Å²) in [4.78, 5) is 10.5. The van der Waals surface area contributed by atoms with Gasteiger partial charge in [0.1, 0.15) is 5.60 Å². The number of hydrogen-bond acceptors (Lipinski definition) is 4. The zero-order valence-electron chi connectivity index (χ0n) is 8.32. The minimum absolute atomic E-state index is 0.335. The molecule has 0 aromatic carbocycles. The first kappa shape index (κ1) is 11.4. The van der Waals surface area contributed by atoms with Crippen molar-refractivity contribution in [3.8, 4) is 0 Å². The van der Waals surface area contributed by atoms with Crippen molar-refractivity contribution in [2.24, 2.45) is 5.92 Å². The predicted molar refractivity (Wildman–Crippen MR) is 50.1 cm³/mol. The number of carboxylic acid groups (broad SMARTS) is 1. The maximum Gasteiger partial charge on any atom is 0.307 e. The Balaban J connectivity index is 2.17. The highest BCUT2D eigenvalue weighted by Crippen LogP contribution is 2.16. The molecule has 0 amide bonds. The number of ether oxygens (including phenoxy) is 1. The van der Waals surface area contributed by atoms with Gasteiger partial charge in [-0.1, -0.05) is 6.92 Å². The molecule has 14 heavy (non-hydrogen) atoms. The van der Waals surface area contributed by atoms with E-state index in [9.17, 15) is 9.90 Å². The van der Waals surface area contributed by atoms with E-state index in [0.717, 1.165) is 0 Å². The monoisotopic (exact) mass is 203 g/mol. The standard InChI is InChI=1S/C9H17NO4/c1-7(8(11)12)4-10-5-9(13)2-3-14-6-9/h7,10,13H,2-6H2,1H3,(H,11,12). The Morgan fingerprint density at radius 3 is 2.93 bits per heavy atom. The Labute approximate surface area is 83.1 Å². The van der Waals surface area contributed by atoms with E-state index in [2.05, 4.69) is 5.32 Å². The number of nitrogens with one attached hydrogen (secondary N) is 1. The van der Waals surface area contributed by atoms with E-state index in [0.29, 0.717) is 32.7 Å². The van der Waals surface area contributed by atoms with E-state index >= 15 is 0 Å². The molecule has 82 valence electrons. The van der Waals surface area contributed by atoms with Gasteiger partial charge in [0.25, 0.3) is 0 Å². The van der Waals surface area contributed by atoms with Gasteiger partial charge in [0.2, 0.25) is 0 Å². The van der Waals surface area contributed by atoms with Gasteiger partial charge in [-0.25, -0.2) is 0 Å². The normalized spacial score (nSPS) is 29.0. The Morgan fingerprint density at radius 1 is 1.71 bits per heavy atom. The second kappa shape index (κ2) is 4.72. The predicted octanol–water partition coefficient (Wildman–Crippen LogP) is -0.552. The molecule has 0 saturated carbocycles. The quantitative estimate of drug-likeness (QED) is 0.558. The van der Waals surface area contributed by atoms with Gasteiger partial charge in [-0.2, -0.15) is 0 Å². The summed E-state index contributed by atoms with van der Waals surface area (Å²) in [5.41, 5.74) is -0.807. The first-order valence-corrected chi connectivity index (χ1v) is 4.77. The number of rotatable bonds is 5. The second-order valence-electron chi connectivity index (χ2n) is 3.90. The molecule has 5 heteroatoms. The molecule has 1 heterocycles. The molecule has 0 spiro atoms. The van der Waals surface area contributed by atoms with Gasteiger partial charge in [0, 0.05) is 26.1 Å². The smallest absolute Gasteiger partial charge is 0.307 e. The lowest BCUT2D eigenvalue weighted by Crippen LogP contribution is -2.43. The Morgan fingerprint density at radius 2 is 2.43 bits per heavy atom. The largest absolute Gasteiger partial charge is 0.481 e. The average Bonchev–Trinajstić information content (AvgIpc) is 2.52. The van der Waals surface area contributed by atoms with Gasteiger partial charge in [-0.05, 0) is 0 Å². The summed E-state index contributed by atoms with van der Waals surface area (Å²) < 4.78 is 5.06. The van der Waals surface area contributed by atoms with Gasteiger partial charge >= 0.3 is 5.97 Å². The number of carboxylic acids is 1. The van der Waals surface area contributed by atoms with Crippen LogP contribution in [0.25, 0.3) is 0 Å². The zero-order chi connectivity index (χ0) is 10.6.